The zero-order valence-electron chi connectivity index (χ0n) is 9.99. The summed E-state index contributed by atoms with van der Waals surface area (Å²) in [6.45, 7) is 1.61. The molecule has 19 heavy (non-hydrogen) atoms. The maximum absolute atomic E-state index is 11.4. The van der Waals surface area contributed by atoms with Crippen molar-refractivity contribution in [3.05, 3.63) is 39.4 Å². The van der Waals surface area contributed by atoms with E-state index < -0.39 is 5.91 Å². The zero-order chi connectivity index (χ0) is 14.3. The summed E-state index contributed by atoms with van der Waals surface area (Å²) >= 11 is 17.5. The number of ether oxygens (including phenoxy) is 1. The topological polar surface area (TPSA) is 50.7 Å². The van der Waals surface area contributed by atoms with Crippen molar-refractivity contribution in [2.24, 2.45) is 5.10 Å². The number of amides is 1. The van der Waals surface area contributed by atoms with Crippen LogP contribution in [0.1, 0.15) is 6.92 Å². The van der Waals surface area contributed by atoms with E-state index in [2.05, 4.69) is 10.5 Å². The van der Waals surface area contributed by atoms with Crippen LogP contribution in [0.3, 0.4) is 0 Å². The van der Waals surface area contributed by atoms with Gasteiger partial charge in [-0.1, -0.05) is 40.9 Å². The Morgan fingerprint density at radius 1 is 1.32 bits per heavy atom. The molecule has 0 atom stereocenters. The van der Waals surface area contributed by atoms with Gasteiger partial charge in [0.1, 0.15) is 5.75 Å². The van der Waals surface area contributed by atoms with Crippen LogP contribution in [-0.4, -0.2) is 18.7 Å². The van der Waals surface area contributed by atoms with Crippen LogP contribution >= 0.6 is 34.8 Å². The number of allylic oxidation sites excluding steroid dienone is 2. The molecule has 0 unspecified atom stereocenters. The van der Waals surface area contributed by atoms with E-state index in [4.69, 9.17) is 39.5 Å². The number of rotatable bonds is 5. The standard InChI is InChI=1S/C12H11Cl3N2O2/c1-2-3-4-16-17-12(18)7-19-11-6-9(14)8(13)5-10(11)15/h2-6H,7H2,1H3,(H,17,18)/b3-2+,16-4+. The molecule has 0 aliphatic rings. The highest BCUT2D eigenvalue weighted by atomic mass is 35.5. The number of carbonyl (C=O) groups is 1. The molecule has 0 saturated carbocycles. The van der Waals surface area contributed by atoms with Crippen LogP contribution in [0.15, 0.2) is 29.4 Å². The number of hydrazone groups is 1. The first-order chi connectivity index (χ1) is 9.04. The molecule has 0 radical (unpaired) electrons. The molecule has 0 bridgehead atoms. The van der Waals surface area contributed by atoms with Gasteiger partial charge in [-0.25, -0.2) is 5.43 Å². The Balaban J connectivity index is 2.53. The summed E-state index contributed by atoms with van der Waals surface area (Å²) in [6, 6.07) is 2.89. The van der Waals surface area contributed by atoms with E-state index in [-0.39, 0.29) is 17.4 Å². The number of hydrogen-bond donors (Lipinski definition) is 1. The van der Waals surface area contributed by atoms with Crippen LogP contribution in [-0.2, 0) is 4.79 Å². The minimum Gasteiger partial charge on any atom is -0.482 e. The minimum absolute atomic E-state index is 0.231. The van der Waals surface area contributed by atoms with Gasteiger partial charge < -0.3 is 4.74 Å². The quantitative estimate of drug-likeness (QED) is 0.511. The molecule has 4 nitrogen and oxygen atoms in total. The van der Waals surface area contributed by atoms with E-state index in [1.165, 1.54) is 18.3 Å². The maximum Gasteiger partial charge on any atom is 0.277 e. The molecule has 1 rings (SSSR count). The molecule has 1 N–H and O–H groups in total. The number of nitrogens with one attached hydrogen (secondary N) is 1. The monoisotopic (exact) mass is 320 g/mol. The van der Waals surface area contributed by atoms with Crippen molar-refractivity contribution in [1.29, 1.82) is 0 Å². The fraction of sp³-hybridized carbons (Fsp3) is 0.167. The van der Waals surface area contributed by atoms with E-state index in [0.29, 0.717) is 10.0 Å². The summed E-state index contributed by atoms with van der Waals surface area (Å²) in [5, 5.41) is 4.55. The molecule has 102 valence electrons. The largest absolute Gasteiger partial charge is 0.482 e. The Labute approximate surface area is 126 Å². The van der Waals surface area contributed by atoms with Crippen molar-refractivity contribution < 1.29 is 9.53 Å². The van der Waals surface area contributed by atoms with Crippen molar-refractivity contribution in [3.8, 4) is 5.75 Å². The first-order valence-electron chi connectivity index (χ1n) is 5.25. The number of benzene rings is 1. The van der Waals surface area contributed by atoms with Crippen molar-refractivity contribution in [2.75, 3.05) is 6.61 Å². The molecule has 0 saturated heterocycles. The molecular formula is C12H11Cl3N2O2. The second-order valence-electron chi connectivity index (χ2n) is 3.32. The molecule has 1 aromatic carbocycles. The predicted molar refractivity (Wildman–Crippen MR) is 78.4 cm³/mol. The van der Waals surface area contributed by atoms with Crippen LogP contribution in [0.2, 0.25) is 15.1 Å². The van der Waals surface area contributed by atoms with Gasteiger partial charge in [0.2, 0.25) is 0 Å². The smallest absolute Gasteiger partial charge is 0.277 e. The van der Waals surface area contributed by atoms with Crippen LogP contribution in [0.4, 0.5) is 0 Å². The summed E-state index contributed by atoms with van der Waals surface area (Å²) in [4.78, 5) is 11.4. The van der Waals surface area contributed by atoms with Gasteiger partial charge in [0.25, 0.3) is 5.91 Å². The molecule has 0 aliphatic carbocycles. The van der Waals surface area contributed by atoms with Crippen LogP contribution < -0.4 is 10.2 Å². The second kappa shape index (κ2) is 8.04. The molecule has 0 fully saturated rings. The Bertz CT molecular complexity index is 516. The Morgan fingerprint density at radius 3 is 2.68 bits per heavy atom. The molecule has 0 aliphatic heterocycles. The second-order valence-corrected chi connectivity index (χ2v) is 4.55. The van der Waals surface area contributed by atoms with Gasteiger partial charge in [0.05, 0.1) is 15.1 Å². The lowest BCUT2D eigenvalue weighted by Gasteiger charge is -2.08. The first-order valence-corrected chi connectivity index (χ1v) is 6.38. The van der Waals surface area contributed by atoms with E-state index in [0.717, 1.165) is 0 Å². The third kappa shape index (κ3) is 5.51. The van der Waals surface area contributed by atoms with E-state index in [1.807, 2.05) is 6.92 Å². The molecule has 0 aromatic heterocycles. The van der Waals surface area contributed by atoms with Gasteiger partial charge in [0.15, 0.2) is 6.61 Å². The highest BCUT2D eigenvalue weighted by Crippen LogP contribution is 2.33. The van der Waals surface area contributed by atoms with Gasteiger partial charge in [-0.2, -0.15) is 5.10 Å². The molecule has 1 aromatic rings. The summed E-state index contributed by atoms with van der Waals surface area (Å²) in [5.41, 5.74) is 2.29. The van der Waals surface area contributed by atoms with Crippen molar-refractivity contribution in [3.63, 3.8) is 0 Å². The fourth-order valence-corrected chi connectivity index (χ4v) is 1.62. The highest BCUT2D eigenvalue weighted by Gasteiger charge is 2.09. The third-order valence-electron chi connectivity index (χ3n) is 1.88. The van der Waals surface area contributed by atoms with Gasteiger partial charge in [-0.05, 0) is 19.1 Å². The average Bonchev–Trinajstić information content (AvgIpc) is 2.37. The number of hydrogen-bond acceptors (Lipinski definition) is 3. The molecule has 1 amide bonds. The number of carbonyl (C=O) groups excluding carboxylic acids is 1. The lowest BCUT2D eigenvalue weighted by molar-refractivity contribution is -0.123. The third-order valence-corrected chi connectivity index (χ3v) is 2.89. The number of nitrogens with zero attached hydrogens (tertiary/aromatic N) is 1. The van der Waals surface area contributed by atoms with Crippen LogP contribution in [0.5, 0.6) is 5.75 Å². The fourth-order valence-electron chi connectivity index (χ4n) is 1.03. The van der Waals surface area contributed by atoms with Gasteiger partial charge in [-0.15, -0.1) is 0 Å². The molecule has 0 spiro atoms. The lowest BCUT2D eigenvalue weighted by Crippen LogP contribution is -2.24. The van der Waals surface area contributed by atoms with E-state index in [1.54, 1.807) is 12.2 Å². The Kier molecular flexibility index (Phi) is 6.70. The van der Waals surface area contributed by atoms with Gasteiger partial charge in [-0.3, -0.25) is 4.79 Å². The summed E-state index contributed by atoms with van der Waals surface area (Å²) < 4.78 is 5.21. The van der Waals surface area contributed by atoms with Crippen molar-refractivity contribution in [1.82, 2.24) is 5.43 Å². The average molecular weight is 322 g/mol. The highest BCUT2D eigenvalue weighted by molar-refractivity contribution is 6.43. The van der Waals surface area contributed by atoms with Gasteiger partial charge in [0, 0.05) is 12.3 Å². The van der Waals surface area contributed by atoms with Crippen molar-refractivity contribution >= 4 is 46.9 Å². The molecule has 7 heteroatoms. The lowest BCUT2D eigenvalue weighted by atomic mass is 10.3. The molecular weight excluding hydrogens is 311 g/mol. The predicted octanol–water partition coefficient (Wildman–Crippen LogP) is 3.70. The maximum atomic E-state index is 11.4. The van der Waals surface area contributed by atoms with Crippen LogP contribution in [0, 0.1) is 0 Å². The number of halogens is 3. The van der Waals surface area contributed by atoms with E-state index >= 15 is 0 Å². The summed E-state index contributed by atoms with van der Waals surface area (Å²) in [5.74, 6) is -0.133. The zero-order valence-corrected chi connectivity index (χ0v) is 12.3. The summed E-state index contributed by atoms with van der Waals surface area (Å²) in [7, 11) is 0. The molecule has 0 heterocycles. The first kappa shape index (κ1) is 15.8. The summed E-state index contributed by atoms with van der Waals surface area (Å²) in [6.07, 6.45) is 4.91. The normalized spacial score (nSPS) is 11.2. The minimum atomic E-state index is -0.414. The van der Waals surface area contributed by atoms with Crippen LogP contribution in [0.25, 0.3) is 0 Å². The van der Waals surface area contributed by atoms with Gasteiger partial charge >= 0.3 is 0 Å². The Hall–Kier alpha value is -1.23. The van der Waals surface area contributed by atoms with Crippen molar-refractivity contribution in [2.45, 2.75) is 6.92 Å². The Morgan fingerprint density at radius 2 is 2.00 bits per heavy atom. The van der Waals surface area contributed by atoms with E-state index in [9.17, 15) is 4.79 Å². The SMILES string of the molecule is C/C=C/C=N/NC(=O)COc1cc(Cl)c(Cl)cc1Cl.